The molecule has 0 spiro atoms. The van der Waals surface area contributed by atoms with Crippen LogP contribution in [0.2, 0.25) is 0 Å². The second kappa shape index (κ2) is 4.95. The van der Waals surface area contributed by atoms with E-state index in [1.54, 1.807) is 0 Å². The number of rotatable bonds is 3. The summed E-state index contributed by atoms with van der Waals surface area (Å²) in [6.07, 6.45) is 0. The Bertz CT molecular complexity index is 524. The van der Waals surface area contributed by atoms with Gasteiger partial charge in [-0.3, -0.25) is 4.79 Å². The van der Waals surface area contributed by atoms with Crippen LogP contribution in [0.5, 0.6) is 0 Å². The van der Waals surface area contributed by atoms with Gasteiger partial charge < -0.3 is 10.4 Å². The van der Waals surface area contributed by atoms with E-state index in [1.165, 1.54) is 11.3 Å². The third kappa shape index (κ3) is 2.11. The normalized spacial score (nSPS) is 10.6. The molecule has 0 unspecified atom stereocenters. The van der Waals surface area contributed by atoms with Gasteiger partial charge in [-0.2, -0.15) is 0 Å². The molecule has 1 aromatic carbocycles. The van der Waals surface area contributed by atoms with Gasteiger partial charge in [0.1, 0.15) is 0 Å². The molecule has 16 heavy (non-hydrogen) atoms. The highest BCUT2D eigenvalue weighted by molar-refractivity contribution is 9.10. The Morgan fingerprint density at radius 1 is 1.50 bits per heavy atom. The topological polar surface area (TPSA) is 49.3 Å². The summed E-state index contributed by atoms with van der Waals surface area (Å²) in [7, 11) is 0. The van der Waals surface area contributed by atoms with E-state index in [-0.39, 0.29) is 19.1 Å². The number of halogens is 1. The van der Waals surface area contributed by atoms with Gasteiger partial charge in [0.15, 0.2) is 0 Å². The average molecular weight is 300 g/mol. The Morgan fingerprint density at radius 3 is 3.06 bits per heavy atom. The zero-order chi connectivity index (χ0) is 11.5. The molecule has 0 aliphatic rings. The van der Waals surface area contributed by atoms with Crippen LogP contribution >= 0.6 is 27.3 Å². The van der Waals surface area contributed by atoms with Crippen LogP contribution < -0.4 is 5.32 Å². The van der Waals surface area contributed by atoms with Crippen LogP contribution in [0, 0.1) is 0 Å². The number of carbonyl (C=O) groups excluding carboxylic acids is 1. The number of amides is 1. The van der Waals surface area contributed by atoms with Gasteiger partial charge in [0.25, 0.3) is 5.91 Å². The second-order valence-corrected chi connectivity index (χ2v) is 5.01. The van der Waals surface area contributed by atoms with E-state index in [1.807, 2.05) is 23.6 Å². The lowest BCUT2D eigenvalue weighted by molar-refractivity contribution is 0.0947. The van der Waals surface area contributed by atoms with E-state index in [9.17, 15) is 4.79 Å². The number of benzene rings is 1. The van der Waals surface area contributed by atoms with E-state index in [4.69, 9.17) is 5.11 Å². The maximum atomic E-state index is 11.8. The largest absolute Gasteiger partial charge is 0.395 e. The molecule has 0 aliphatic heterocycles. The first-order valence-electron chi connectivity index (χ1n) is 4.79. The van der Waals surface area contributed by atoms with E-state index in [0.29, 0.717) is 5.56 Å². The first kappa shape index (κ1) is 11.6. The van der Waals surface area contributed by atoms with Crippen molar-refractivity contribution in [2.45, 2.75) is 0 Å². The van der Waals surface area contributed by atoms with Crippen molar-refractivity contribution < 1.29 is 9.90 Å². The summed E-state index contributed by atoms with van der Waals surface area (Å²) in [5.41, 5.74) is 0.654. The number of fused-ring (bicyclic) bond motifs is 1. The maximum absolute atomic E-state index is 11.8. The lowest BCUT2D eigenvalue weighted by Crippen LogP contribution is -2.26. The van der Waals surface area contributed by atoms with Crippen LogP contribution in [0.1, 0.15) is 10.4 Å². The zero-order valence-electron chi connectivity index (χ0n) is 8.37. The molecule has 0 aliphatic carbocycles. The quantitative estimate of drug-likeness (QED) is 0.914. The van der Waals surface area contributed by atoms with Gasteiger partial charge >= 0.3 is 0 Å². The van der Waals surface area contributed by atoms with Gasteiger partial charge in [-0.25, -0.2) is 0 Å². The third-order valence-electron chi connectivity index (χ3n) is 2.19. The Hall–Kier alpha value is -0.910. The summed E-state index contributed by atoms with van der Waals surface area (Å²) in [6, 6.07) is 5.84. The number of aliphatic hydroxyl groups is 1. The van der Waals surface area contributed by atoms with Gasteiger partial charge in [0.2, 0.25) is 0 Å². The van der Waals surface area contributed by atoms with Crippen molar-refractivity contribution in [3.63, 3.8) is 0 Å². The predicted octanol–water partition coefficient (Wildman–Crippen LogP) is 2.39. The van der Waals surface area contributed by atoms with E-state index in [0.717, 1.165) is 14.6 Å². The standard InChI is InChI=1S/C11H10BrNO2S/c12-8-2-1-3-9-10(8)7(6-16-9)11(15)13-4-5-14/h1-3,6,14H,4-5H2,(H,13,15). The molecule has 0 saturated carbocycles. The van der Waals surface area contributed by atoms with Gasteiger partial charge in [-0.1, -0.05) is 22.0 Å². The van der Waals surface area contributed by atoms with Gasteiger partial charge in [0.05, 0.1) is 12.2 Å². The fraction of sp³-hybridized carbons (Fsp3) is 0.182. The highest BCUT2D eigenvalue weighted by atomic mass is 79.9. The minimum Gasteiger partial charge on any atom is -0.395 e. The molecule has 1 aromatic heterocycles. The molecular formula is C11H10BrNO2S. The lowest BCUT2D eigenvalue weighted by Gasteiger charge is -2.02. The van der Waals surface area contributed by atoms with Crippen LogP contribution in [-0.4, -0.2) is 24.2 Å². The number of aliphatic hydroxyl groups excluding tert-OH is 1. The number of hydrogen-bond acceptors (Lipinski definition) is 3. The van der Waals surface area contributed by atoms with Crippen molar-refractivity contribution in [1.29, 1.82) is 0 Å². The lowest BCUT2D eigenvalue weighted by atomic mass is 10.1. The Labute approximate surface area is 105 Å². The van der Waals surface area contributed by atoms with Crippen LogP contribution in [0.25, 0.3) is 10.1 Å². The summed E-state index contributed by atoms with van der Waals surface area (Å²) in [6.45, 7) is 0.232. The first-order valence-corrected chi connectivity index (χ1v) is 6.46. The SMILES string of the molecule is O=C(NCCO)c1csc2cccc(Br)c12. The van der Waals surface area contributed by atoms with E-state index < -0.39 is 0 Å². The Morgan fingerprint density at radius 2 is 2.31 bits per heavy atom. The molecule has 0 fully saturated rings. The number of carbonyl (C=O) groups is 1. The summed E-state index contributed by atoms with van der Waals surface area (Å²) in [5.74, 6) is -0.146. The molecule has 1 amide bonds. The smallest absolute Gasteiger partial charge is 0.252 e. The Kier molecular flexibility index (Phi) is 3.58. The fourth-order valence-corrected chi connectivity index (χ4v) is 3.15. The third-order valence-corrected chi connectivity index (χ3v) is 3.80. The molecule has 84 valence electrons. The Balaban J connectivity index is 2.41. The maximum Gasteiger partial charge on any atom is 0.252 e. The number of hydrogen-bond donors (Lipinski definition) is 2. The minimum absolute atomic E-state index is 0.0466. The molecule has 0 atom stereocenters. The minimum atomic E-state index is -0.146. The summed E-state index contributed by atoms with van der Waals surface area (Å²) >= 11 is 4.98. The van der Waals surface area contributed by atoms with Crippen molar-refractivity contribution in [3.8, 4) is 0 Å². The zero-order valence-corrected chi connectivity index (χ0v) is 10.8. The fourth-order valence-electron chi connectivity index (χ4n) is 1.48. The van der Waals surface area contributed by atoms with Crippen LogP contribution in [0.3, 0.4) is 0 Å². The molecule has 3 nitrogen and oxygen atoms in total. The van der Waals surface area contributed by atoms with Gasteiger partial charge in [0, 0.05) is 26.5 Å². The van der Waals surface area contributed by atoms with Crippen LogP contribution in [-0.2, 0) is 0 Å². The van der Waals surface area contributed by atoms with Gasteiger partial charge in [-0.15, -0.1) is 11.3 Å². The molecule has 0 radical (unpaired) electrons. The van der Waals surface area contributed by atoms with Crippen molar-refractivity contribution in [3.05, 3.63) is 33.6 Å². The molecule has 0 saturated heterocycles. The average Bonchev–Trinajstić information content (AvgIpc) is 2.71. The molecule has 5 heteroatoms. The number of nitrogens with one attached hydrogen (secondary N) is 1. The van der Waals surface area contributed by atoms with Gasteiger partial charge in [-0.05, 0) is 12.1 Å². The summed E-state index contributed by atoms with van der Waals surface area (Å²) < 4.78 is 1.99. The van der Waals surface area contributed by atoms with Crippen molar-refractivity contribution in [2.24, 2.45) is 0 Å². The highest BCUT2D eigenvalue weighted by Gasteiger charge is 2.13. The van der Waals surface area contributed by atoms with Crippen LogP contribution in [0.15, 0.2) is 28.1 Å². The summed E-state index contributed by atoms with van der Waals surface area (Å²) in [5, 5.41) is 14.1. The summed E-state index contributed by atoms with van der Waals surface area (Å²) in [4.78, 5) is 11.8. The van der Waals surface area contributed by atoms with E-state index in [2.05, 4.69) is 21.2 Å². The molecule has 2 rings (SSSR count). The monoisotopic (exact) mass is 299 g/mol. The van der Waals surface area contributed by atoms with Crippen LogP contribution in [0.4, 0.5) is 0 Å². The molecule has 2 aromatic rings. The van der Waals surface area contributed by atoms with Crippen molar-refractivity contribution >= 4 is 43.3 Å². The molecular weight excluding hydrogens is 290 g/mol. The second-order valence-electron chi connectivity index (χ2n) is 3.24. The predicted molar refractivity (Wildman–Crippen MR) is 68.9 cm³/mol. The molecule has 1 heterocycles. The van der Waals surface area contributed by atoms with Crippen molar-refractivity contribution in [1.82, 2.24) is 5.32 Å². The molecule has 0 bridgehead atoms. The van der Waals surface area contributed by atoms with E-state index >= 15 is 0 Å². The number of thiophene rings is 1. The van der Waals surface area contributed by atoms with Crippen molar-refractivity contribution in [2.75, 3.05) is 13.2 Å². The first-order chi connectivity index (χ1) is 7.74. The highest BCUT2D eigenvalue weighted by Crippen LogP contribution is 2.32. The molecule has 2 N–H and O–H groups in total.